The van der Waals surface area contributed by atoms with E-state index in [0.29, 0.717) is 18.0 Å². The van der Waals surface area contributed by atoms with E-state index in [-0.39, 0.29) is 6.10 Å². The number of hydrogen-bond donors (Lipinski definition) is 1. The standard InChI is InChI=1S/C31H31NO3/c1-22(27-16-8-12-24-11-2-3-15-28(24)27)9-6-14-26-21-32(29-17-4-5-18-30(29)35-26)20-23-10-7-13-25(19-23)31(33)34/h2-5,7-8,10-13,15-19,22,26H,6,9,14,20-21H2,1H3,(H,33,34)/t22-,26?/m0/s1. The van der Waals surface area contributed by atoms with Crippen molar-refractivity contribution in [2.24, 2.45) is 0 Å². The predicted molar refractivity (Wildman–Crippen MR) is 142 cm³/mol. The molecular weight excluding hydrogens is 434 g/mol. The van der Waals surface area contributed by atoms with Gasteiger partial charge in [0.15, 0.2) is 0 Å². The summed E-state index contributed by atoms with van der Waals surface area (Å²) in [5.41, 5.74) is 3.79. The van der Waals surface area contributed by atoms with Crippen molar-refractivity contribution in [3.05, 3.63) is 108 Å². The molecule has 0 radical (unpaired) electrons. The van der Waals surface area contributed by atoms with Crippen molar-refractivity contribution in [1.82, 2.24) is 0 Å². The summed E-state index contributed by atoms with van der Waals surface area (Å²) in [6.45, 7) is 3.77. The Morgan fingerprint density at radius 3 is 2.66 bits per heavy atom. The number of nitrogens with zero attached hydrogens (tertiary/aromatic N) is 1. The largest absolute Gasteiger partial charge is 0.486 e. The number of carboxylic acids is 1. The lowest BCUT2D eigenvalue weighted by Gasteiger charge is -2.36. The Morgan fingerprint density at radius 2 is 1.77 bits per heavy atom. The summed E-state index contributed by atoms with van der Waals surface area (Å²) >= 11 is 0. The smallest absolute Gasteiger partial charge is 0.335 e. The summed E-state index contributed by atoms with van der Waals surface area (Å²) in [4.78, 5) is 13.7. The van der Waals surface area contributed by atoms with Gasteiger partial charge in [-0.1, -0.05) is 73.7 Å². The first-order chi connectivity index (χ1) is 17.1. The number of anilines is 1. The van der Waals surface area contributed by atoms with Crippen molar-refractivity contribution in [3.8, 4) is 5.75 Å². The molecule has 0 fully saturated rings. The predicted octanol–water partition coefficient (Wildman–Crippen LogP) is 7.28. The van der Waals surface area contributed by atoms with Gasteiger partial charge in [0, 0.05) is 6.54 Å². The van der Waals surface area contributed by atoms with Crippen LogP contribution in [0.5, 0.6) is 5.75 Å². The van der Waals surface area contributed by atoms with Crippen LogP contribution in [0.4, 0.5) is 5.69 Å². The van der Waals surface area contributed by atoms with E-state index in [1.54, 1.807) is 12.1 Å². The Labute approximate surface area is 206 Å². The van der Waals surface area contributed by atoms with Gasteiger partial charge in [-0.25, -0.2) is 4.79 Å². The van der Waals surface area contributed by atoms with Crippen LogP contribution < -0.4 is 9.64 Å². The van der Waals surface area contributed by atoms with Crippen molar-refractivity contribution in [3.63, 3.8) is 0 Å². The molecule has 4 heteroatoms. The third-order valence-corrected chi connectivity index (χ3v) is 6.99. The molecule has 0 amide bonds. The van der Waals surface area contributed by atoms with E-state index in [2.05, 4.69) is 60.4 Å². The van der Waals surface area contributed by atoms with Crippen LogP contribution >= 0.6 is 0 Å². The molecule has 0 aromatic heterocycles. The molecule has 178 valence electrons. The number of carboxylic acid groups (broad SMARTS) is 1. The van der Waals surface area contributed by atoms with Crippen LogP contribution in [-0.4, -0.2) is 23.7 Å². The zero-order valence-electron chi connectivity index (χ0n) is 20.1. The summed E-state index contributed by atoms with van der Waals surface area (Å²) in [5.74, 6) is 0.486. The van der Waals surface area contributed by atoms with Gasteiger partial charge in [-0.15, -0.1) is 0 Å². The molecule has 4 nitrogen and oxygen atoms in total. The fourth-order valence-corrected chi connectivity index (χ4v) is 5.19. The molecule has 4 aromatic rings. The molecule has 0 saturated carbocycles. The normalized spacial score (nSPS) is 15.9. The summed E-state index contributed by atoms with van der Waals surface area (Å²) in [5, 5.41) is 12.0. The number of rotatable bonds is 8. The third-order valence-electron chi connectivity index (χ3n) is 6.99. The lowest BCUT2D eigenvalue weighted by atomic mass is 9.90. The molecule has 0 spiro atoms. The zero-order valence-corrected chi connectivity index (χ0v) is 20.1. The van der Waals surface area contributed by atoms with Gasteiger partial charge in [0.25, 0.3) is 0 Å². The van der Waals surface area contributed by atoms with E-state index in [1.807, 2.05) is 30.3 Å². The van der Waals surface area contributed by atoms with Crippen LogP contribution in [0.2, 0.25) is 0 Å². The zero-order chi connectivity index (χ0) is 24.2. The fraction of sp³-hybridized carbons (Fsp3) is 0.258. The number of carbonyl (C=O) groups is 1. The number of benzene rings is 4. The summed E-state index contributed by atoms with van der Waals surface area (Å²) < 4.78 is 6.38. The second-order valence-corrected chi connectivity index (χ2v) is 9.49. The molecule has 1 heterocycles. The molecule has 1 N–H and O–H groups in total. The number of para-hydroxylation sites is 2. The second kappa shape index (κ2) is 10.2. The molecule has 4 aromatic carbocycles. The maximum absolute atomic E-state index is 11.4. The van der Waals surface area contributed by atoms with E-state index < -0.39 is 5.97 Å². The van der Waals surface area contributed by atoms with E-state index in [9.17, 15) is 9.90 Å². The minimum absolute atomic E-state index is 0.104. The SMILES string of the molecule is C[C@@H](CCCC1CN(Cc2cccc(C(=O)O)c2)c2ccccc2O1)c1cccc2ccccc12. The van der Waals surface area contributed by atoms with Crippen LogP contribution in [0.3, 0.4) is 0 Å². The minimum atomic E-state index is -0.896. The summed E-state index contributed by atoms with van der Waals surface area (Å²) in [7, 11) is 0. The number of aromatic carboxylic acids is 1. The van der Waals surface area contributed by atoms with Gasteiger partial charge < -0.3 is 14.7 Å². The van der Waals surface area contributed by atoms with Crippen LogP contribution in [-0.2, 0) is 6.54 Å². The molecule has 2 atom stereocenters. The average molecular weight is 466 g/mol. The topological polar surface area (TPSA) is 49.8 Å². The molecule has 1 aliphatic rings. The quantitative estimate of drug-likeness (QED) is 0.297. The Kier molecular flexibility index (Phi) is 6.71. The molecule has 0 aliphatic carbocycles. The lowest BCUT2D eigenvalue weighted by molar-refractivity contribution is 0.0696. The Bertz CT molecular complexity index is 1330. The van der Waals surface area contributed by atoms with Crippen LogP contribution in [0, 0.1) is 0 Å². The van der Waals surface area contributed by atoms with E-state index >= 15 is 0 Å². The number of hydrogen-bond acceptors (Lipinski definition) is 3. The summed E-state index contributed by atoms with van der Waals surface area (Å²) in [6.07, 6.45) is 3.28. The molecular formula is C31H31NO3. The van der Waals surface area contributed by atoms with E-state index in [4.69, 9.17) is 4.74 Å². The van der Waals surface area contributed by atoms with Gasteiger partial charge in [-0.2, -0.15) is 0 Å². The third kappa shape index (κ3) is 5.17. The molecule has 1 unspecified atom stereocenters. The van der Waals surface area contributed by atoms with Crippen LogP contribution in [0.1, 0.15) is 53.6 Å². The molecule has 1 aliphatic heterocycles. The Morgan fingerprint density at radius 1 is 1.00 bits per heavy atom. The molecule has 5 rings (SSSR count). The van der Waals surface area contributed by atoms with Gasteiger partial charge in [0.05, 0.1) is 17.8 Å². The van der Waals surface area contributed by atoms with Gasteiger partial charge in [0.1, 0.15) is 11.9 Å². The molecule has 35 heavy (non-hydrogen) atoms. The average Bonchev–Trinajstić information content (AvgIpc) is 2.88. The van der Waals surface area contributed by atoms with Gasteiger partial charge >= 0.3 is 5.97 Å². The first-order valence-electron chi connectivity index (χ1n) is 12.4. The molecule has 0 bridgehead atoms. The lowest BCUT2D eigenvalue weighted by Crippen LogP contribution is -2.39. The van der Waals surface area contributed by atoms with Crippen molar-refractivity contribution in [2.45, 2.75) is 44.8 Å². The second-order valence-electron chi connectivity index (χ2n) is 9.49. The maximum Gasteiger partial charge on any atom is 0.335 e. The molecule has 0 saturated heterocycles. The first-order valence-corrected chi connectivity index (χ1v) is 12.4. The number of ether oxygens (including phenoxy) is 1. The minimum Gasteiger partial charge on any atom is -0.486 e. The monoisotopic (exact) mass is 465 g/mol. The summed E-state index contributed by atoms with van der Waals surface area (Å²) in [6, 6.07) is 30.6. The van der Waals surface area contributed by atoms with Gasteiger partial charge in [0.2, 0.25) is 0 Å². The van der Waals surface area contributed by atoms with E-state index in [1.165, 1.54) is 16.3 Å². The van der Waals surface area contributed by atoms with Crippen molar-refractivity contribution in [1.29, 1.82) is 0 Å². The van der Waals surface area contributed by atoms with Crippen LogP contribution in [0.15, 0.2) is 91.0 Å². The first kappa shape index (κ1) is 23.0. The van der Waals surface area contributed by atoms with Crippen molar-refractivity contribution in [2.75, 3.05) is 11.4 Å². The van der Waals surface area contributed by atoms with E-state index in [0.717, 1.165) is 42.8 Å². The fourth-order valence-electron chi connectivity index (χ4n) is 5.19. The Hall–Kier alpha value is -3.79. The van der Waals surface area contributed by atoms with Crippen molar-refractivity contribution >= 4 is 22.4 Å². The van der Waals surface area contributed by atoms with Gasteiger partial charge in [-0.3, -0.25) is 0 Å². The number of fused-ring (bicyclic) bond motifs is 2. The maximum atomic E-state index is 11.4. The highest BCUT2D eigenvalue weighted by atomic mass is 16.5. The highest BCUT2D eigenvalue weighted by Crippen LogP contribution is 2.36. The Balaban J connectivity index is 1.26. The highest BCUT2D eigenvalue weighted by Gasteiger charge is 2.25. The van der Waals surface area contributed by atoms with Gasteiger partial charge in [-0.05, 0) is 71.3 Å². The van der Waals surface area contributed by atoms with Crippen molar-refractivity contribution < 1.29 is 14.6 Å². The highest BCUT2D eigenvalue weighted by molar-refractivity contribution is 5.88. The van der Waals surface area contributed by atoms with Crippen LogP contribution in [0.25, 0.3) is 10.8 Å².